The standard InChI is InChI=1S/C13H25N3O/c1-11(2)14-9-13-10-15-16(12(13)3)7-5-6-8-17-4/h10-11,14H,5-9H2,1-4H3. The first-order valence-electron chi connectivity index (χ1n) is 6.38. The smallest absolute Gasteiger partial charge is 0.0537 e. The van der Waals surface area contributed by atoms with Gasteiger partial charge in [-0.2, -0.15) is 5.10 Å². The van der Waals surface area contributed by atoms with Crippen molar-refractivity contribution in [1.82, 2.24) is 15.1 Å². The van der Waals surface area contributed by atoms with Gasteiger partial charge >= 0.3 is 0 Å². The number of nitrogens with zero attached hydrogens (tertiary/aromatic N) is 2. The van der Waals surface area contributed by atoms with Gasteiger partial charge in [-0.3, -0.25) is 4.68 Å². The minimum Gasteiger partial charge on any atom is -0.385 e. The van der Waals surface area contributed by atoms with Crippen molar-refractivity contribution in [3.8, 4) is 0 Å². The molecular weight excluding hydrogens is 214 g/mol. The van der Waals surface area contributed by atoms with Crippen molar-refractivity contribution in [2.24, 2.45) is 0 Å². The molecule has 0 aliphatic heterocycles. The largest absolute Gasteiger partial charge is 0.385 e. The van der Waals surface area contributed by atoms with E-state index in [1.54, 1.807) is 7.11 Å². The topological polar surface area (TPSA) is 39.1 Å². The fourth-order valence-electron chi connectivity index (χ4n) is 1.71. The average Bonchev–Trinajstić information content (AvgIpc) is 2.63. The van der Waals surface area contributed by atoms with Crippen LogP contribution in [0.1, 0.15) is 37.9 Å². The van der Waals surface area contributed by atoms with Gasteiger partial charge in [-0.05, 0) is 19.8 Å². The highest BCUT2D eigenvalue weighted by Gasteiger charge is 2.06. The summed E-state index contributed by atoms with van der Waals surface area (Å²) in [6, 6.07) is 0.513. The third-order valence-electron chi connectivity index (χ3n) is 2.87. The van der Waals surface area contributed by atoms with Gasteiger partial charge in [0.1, 0.15) is 0 Å². The number of unbranched alkanes of at least 4 members (excludes halogenated alkanes) is 1. The normalized spacial score (nSPS) is 11.4. The second-order valence-electron chi connectivity index (χ2n) is 4.71. The number of aromatic nitrogens is 2. The summed E-state index contributed by atoms with van der Waals surface area (Å²) in [5, 5.41) is 7.85. The second kappa shape index (κ2) is 7.45. The molecule has 0 spiro atoms. The number of nitrogens with one attached hydrogen (secondary N) is 1. The summed E-state index contributed by atoms with van der Waals surface area (Å²) in [5.41, 5.74) is 2.57. The molecular formula is C13H25N3O. The molecule has 0 aliphatic carbocycles. The molecule has 17 heavy (non-hydrogen) atoms. The number of ether oxygens (including phenoxy) is 1. The summed E-state index contributed by atoms with van der Waals surface area (Å²) in [6.07, 6.45) is 4.18. The summed E-state index contributed by atoms with van der Waals surface area (Å²) in [5.74, 6) is 0. The molecule has 1 N–H and O–H groups in total. The second-order valence-corrected chi connectivity index (χ2v) is 4.71. The van der Waals surface area contributed by atoms with Crippen molar-refractivity contribution < 1.29 is 4.74 Å². The van der Waals surface area contributed by atoms with Gasteiger partial charge in [-0.1, -0.05) is 13.8 Å². The van der Waals surface area contributed by atoms with E-state index in [0.717, 1.165) is 32.5 Å². The minimum atomic E-state index is 0.513. The van der Waals surface area contributed by atoms with Crippen molar-refractivity contribution in [2.45, 2.75) is 52.7 Å². The van der Waals surface area contributed by atoms with Crippen LogP contribution >= 0.6 is 0 Å². The van der Waals surface area contributed by atoms with Crippen molar-refractivity contribution in [2.75, 3.05) is 13.7 Å². The molecule has 0 aliphatic rings. The first kappa shape index (κ1) is 14.2. The van der Waals surface area contributed by atoms with Gasteiger partial charge in [-0.25, -0.2) is 0 Å². The van der Waals surface area contributed by atoms with Crippen LogP contribution in [0.4, 0.5) is 0 Å². The number of hydrogen-bond donors (Lipinski definition) is 1. The number of rotatable bonds is 8. The molecule has 0 aromatic carbocycles. The first-order chi connectivity index (χ1) is 8.15. The molecule has 0 unspecified atom stereocenters. The molecule has 0 saturated carbocycles. The van der Waals surface area contributed by atoms with Gasteiger partial charge in [0.2, 0.25) is 0 Å². The van der Waals surface area contributed by atoms with Crippen molar-refractivity contribution in [1.29, 1.82) is 0 Å². The Labute approximate surface area is 104 Å². The van der Waals surface area contributed by atoms with E-state index in [4.69, 9.17) is 4.74 Å². The Morgan fingerprint density at radius 3 is 2.82 bits per heavy atom. The predicted molar refractivity (Wildman–Crippen MR) is 70.0 cm³/mol. The van der Waals surface area contributed by atoms with E-state index in [1.807, 2.05) is 6.20 Å². The van der Waals surface area contributed by atoms with Crippen LogP contribution in [0.3, 0.4) is 0 Å². The molecule has 98 valence electrons. The quantitative estimate of drug-likeness (QED) is 0.706. The highest BCUT2D eigenvalue weighted by Crippen LogP contribution is 2.08. The Balaban J connectivity index is 2.40. The Morgan fingerprint density at radius 1 is 1.41 bits per heavy atom. The van der Waals surface area contributed by atoms with Gasteiger partial charge in [-0.15, -0.1) is 0 Å². The van der Waals surface area contributed by atoms with E-state index in [-0.39, 0.29) is 0 Å². The Morgan fingerprint density at radius 2 is 2.18 bits per heavy atom. The molecule has 4 heteroatoms. The van der Waals surface area contributed by atoms with E-state index >= 15 is 0 Å². The summed E-state index contributed by atoms with van der Waals surface area (Å²) >= 11 is 0. The summed E-state index contributed by atoms with van der Waals surface area (Å²) in [6.45, 7) is 9.18. The number of hydrogen-bond acceptors (Lipinski definition) is 3. The fourth-order valence-corrected chi connectivity index (χ4v) is 1.71. The van der Waals surface area contributed by atoms with Gasteiger partial charge in [0, 0.05) is 44.1 Å². The Bertz CT molecular complexity index is 320. The molecule has 4 nitrogen and oxygen atoms in total. The van der Waals surface area contributed by atoms with Crippen LogP contribution in [-0.2, 0) is 17.8 Å². The van der Waals surface area contributed by atoms with Crippen LogP contribution in [0.25, 0.3) is 0 Å². The van der Waals surface area contributed by atoms with Crippen LogP contribution in [0.2, 0.25) is 0 Å². The number of aryl methyl sites for hydroxylation is 1. The lowest BCUT2D eigenvalue weighted by Crippen LogP contribution is -2.22. The zero-order valence-electron chi connectivity index (χ0n) is 11.5. The predicted octanol–water partition coefficient (Wildman–Crippen LogP) is 2.12. The lowest BCUT2D eigenvalue weighted by Gasteiger charge is -2.08. The molecule has 1 aromatic heterocycles. The molecule has 0 saturated heterocycles. The summed E-state index contributed by atoms with van der Waals surface area (Å²) in [4.78, 5) is 0. The van der Waals surface area contributed by atoms with Gasteiger partial charge in [0.15, 0.2) is 0 Å². The molecule has 0 radical (unpaired) electrons. The Kier molecular flexibility index (Phi) is 6.22. The van der Waals surface area contributed by atoms with Crippen LogP contribution in [0, 0.1) is 6.92 Å². The summed E-state index contributed by atoms with van der Waals surface area (Å²) in [7, 11) is 1.74. The van der Waals surface area contributed by atoms with Crippen LogP contribution in [-0.4, -0.2) is 29.5 Å². The molecule has 0 bridgehead atoms. The van der Waals surface area contributed by atoms with Crippen LogP contribution in [0.5, 0.6) is 0 Å². The first-order valence-corrected chi connectivity index (χ1v) is 6.38. The van der Waals surface area contributed by atoms with Crippen molar-refractivity contribution >= 4 is 0 Å². The maximum atomic E-state index is 5.04. The van der Waals surface area contributed by atoms with Gasteiger partial charge in [0.05, 0.1) is 6.20 Å². The minimum absolute atomic E-state index is 0.513. The SMILES string of the molecule is COCCCCn1ncc(CNC(C)C)c1C. The monoisotopic (exact) mass is 239 g/mol. The molecule has 1 heterocycles. The summed E-state index contributed by atoms with van der Waals surface area (Å²) < 4.78 is 7.13. The van der Waals surface area contributed by atoms with E-state index in [9.17, 15) is 0 Å². The lowest BCUT2D eigenvalue weighted by atomic mass is 10.2. The molecule has 0 amide bonds. The maximum absolute atomic E-state index is 5.04. The number of methoxy groups -OCH3 is 1. The maximum Gasteiger partial charge on any atom is 0.0537 e. The third-order valence-corrected chi connectivity index (χ3v) is 2.87. The van der Waals surface area contributed by atoms with E-state index < -0.39 is 0 Å². The lowest BCUT2D eigenvalue weighted by molar-refractivity contribution is 0.191. The highest BCUT2D eigenvalue weighted by molar-refractivity contribution is 5.15. The fraction of sp³-hybridized carbons (Fsp3) is 0.769. The van der Waals surface area contributed by atoms with Crippen molar-refractivity contribution in [3.63, 3.8) is 0 Å². The van der Waals surface area contributed by atoms with Crippen molar-refractivity contribution in [3.05, 3.63) is 17.5 Å². The average molecular weight is 239 g/mol. The molecule has 0 atom stereocenters. The Hall–Kier alpha value is -0.870. The van der Waals surface area contributed by atoms with Gasteiger partial charge < -0.3 is 10.1 Å². The third kappa shape index (κ3) is 4.88. The van der Waals surface area contributed by atoms with Crippen LogP contribution < -0.4 is 5.32 Å². The van der Waals surface area contributed by atoms with E-state index in [2.05, 4.69) is 35.9 Å². The van der Waals surface area contributed by atoms with Gasteiger partial charge in [0.25, 0.3) is 0 Å². The zero-order valence-corrected chi connectivity index (χ0v) is 11.5. The molecule has 1 aromatic rings. The van der Waals surface area contributed by atoms with Crippen LogP contribution in [0.15, 0.2) is 6.20 Å². The van der Waals surface area contributed by atoms with E-state index in [1.165, 1.54) is 11.3 Å². The zero-order chi connectivity index (χ0) is 12.7. The molecule has 0 fully saturated rings. The highest BCUT2D eigenvalue weighted by atomic mass is 16.5. The van der Waals surface area contributed by atoms with E-state index in [0.29, 0.717) is 6.04 Å². The molecule has 1 rings (SSSR count).